The predicted molar refractivity (Wildman–Crippen MR) is 124 cm³/mol. The molecule has 0 spiro atoms. The van der Waals surface area contributed by atoms with Gasteiger partial charge in [0.15, 0.2) is 11.0 Å². The fourth-order valence-corrected chi connectivity index (χ4v) is 4.83. The van der Waals surface area contributed by atoms with Crippen molar-refractivity contribution in [1.29, 1.82) is 0 Å². The summed E-state index contributed by atoms with van der Waals surface area (Å²) in [7, 11) is 1.87. The van der Waals surface area contributed by atoms with E-state index < -0.39 is 0 Å². The molecule has 30 heavy (non-hydrogen) atoms. The van der Waals surface area contributed by atoms with Crippen LogP contribution in [0.5, 0.6) is 0 Å². The second-order valence-electron chi connectivity index (χ2n) is 7.18. The molecular formula is C21H22N6OS2. The number of thiophene rings is 1. The first-order valence-electron chi connectivity index (χ1n) is 9.49. The third-order valence-corrected chi connectivity index (χ3v) is 6.88. The number of nitrogens with two attached hydrogens (primary N) is 1. The zero-order valence-electron chi connectivity index (χ0n) is 16.9. The van der Waals surface area contributed by atoms with Crippen LogP contribution in [0, 0.1) is 0 Å². The first kappa shape index (κ1) is 20.4. The highest BCUT2D eigenvalue weighted by molar-refractivity contribution is 7.99. The van der Waals surface area contributed by atoms with Crippen LogP contribution in [0.2, 0.25) is 0 Å². The average Bonchev–Trinajstić information content (AvgIpc) is 3.26. The highest BCUT2D eigenvalue weighted by Gasteiger charge is 2.19. The van der Waals surface area contributed by atoms with Crippen LogP contribution < -0.4 is 11.1 Å². The van der Waals surface area contributed by atoms with Gasteiger partial charge in [-0.05, 0) is 35.7 Å². The average molecular weight is 439 g/mol. The summed E-state index contributed by atoms with van der Waals surface area (Å²) in [5.41, 5.74) is 8.98. The van der Waals surface area contributed by atoms with E-state index in [2.05, 4.69) is 34.3 Å². The van der Waals surface area contributed by atoms with E-state index in [1.807, 2.05) is 48.0 Å². The Morgan fingerprint density at radius 3 is 2.70 bits per heavy atom. The Hall–Kier alpha value is -2.91. The van der Waals surface area contributed by atoms with E-state index >= 15 is 0 Å². The summed E-state index contributed by atoms with van der Waals surface area (Å²) >= 11 is 2.82. The van der Waals surface area contributed by atoms with Gasteiger partial charge in [0.05, 0.1) is 16.3 Å². The van der Waals surface area contributed by atoms with Crippen LogP contribution in [-0.2, 0) is 11.8 Å². The number of hydrogen-bond acceptors (Lipinski definition) is 7. The maximum Gasteiger partial charge on any atom is 0.234 e. The summed E-state index contributed by atoms with van der Waals surface area (Å²) in [4.78, 5) is 18.4. The predicted octanol–water partition coefficient (Wildman–Crippen LogP) is 4.53. The molecule has 0 bridgehead atoms. The minimum absolute atomic E-state index is 0.0903. The quantitative estimate of drug-likeness (QED) is 0.429. The number of amides is 1. The summed E-state index contributed by atoms with van der Waals surface area (Å²) in [6.45, 7) is 4.28. The van der Waals surface area contributed by atoms with Crippen molar-refractivity contribution >= 4 is 50.6 Å². The monoisotopic (exact) mass is 438 g/mol. The fourth-order valence-electron chi connectivity index (χ4n) is 3.03. The largest absolute Gasteiger partial charge is 0.397 e. The lowest BCUT2D eigenvalue weighted by molar-refractivity contribution is -0.113. The number of nitrogen functional groups attached to an aromatic ring is 1. The molecule has 154 valence electrons. The summed E-state index contributed by atoms with van der Waals surface area (Å²) in [6, 6.07) is 11.7. The molecule has 0 radical (unpaired) electrons. The van der Waals surface area contributed by atoms with E-state index in [1.165, 1.54) is 28.7 Å². The number of benzene rings is 1. The van der Waals surface area contributed by atoms with Gasteiger partial charge < -0.3 is 15.6 Å². The fraction of sp³-hybridized carbons (Fsp3) is 0.238. The van der Waals surface area contributed by atoms with Crippen molar-refractivity contribution in [2.24, 2.45) is 7.05 Å². The Morgan fingerprint density at radius 1 is 1.23 bits per heavy atom. The molecule has 0 atom stereocenters. The van der Waals surface area contributed by atoms with Gasteiger partial charge in [-0.3, -0.25) is 4.79 Å². The highest BCUT2D eigenvalue weighted by atomic mass is 32.2. The van der Waals surface area contributed by atoms with Crippen molar-refractivity contribution in [1.82, 2.24) is 19.7 Å². The number of fused-ring (bicyclic) bond motifs is 1. The first-order chi connectivity index (χ1) is 14.4. The standard InChI is InChI=1S/C21H22N6OS2/c1-12(2)13-6-8-14(9-7-13)24-16(28)11-29-21-26-25-19(27(21)3)18-17(22)15-5-4-10-23-20(15)30-18/h4-10,12H,11,22H2,1-3H3,(H,24,28). The number of pyridine rings is 1. The van der Waals surface area contributed by atoms with Crippen LogP contribution in [0.4, 0.5) is 11.4 Å². The lowest BCUT2D eigenvalue weighted by Crippen LogP contribution is -2.14. The minimum Gasteiger partial charge on any atom is -0.397 e. The number of rotatable bonds is 6. The van der Waals surface area contributed by atoms with Crippen molar-refractivity contribution in [3.63, 3.8) is 0 Å². The summed E-state index contributed by atoms with van der Waals surface area (Å²) in [5.74, 6) is 1.28. The molecule has 0 saturated carbocycles. The molecule has 4 rings (SSSR count). The van der Waals surface area contributed by atoms with Crippen LogP contribution in [0.1, 0.15) is 25.3 Å². The van der Waals surface area contributed by atoms with Gasteiger partial charge in [0.25, 0.3) is 0 Å². The maximum absolute atomic E-state index is 12.3. The molecule has 3 aromatic heterocycles. The molecule has 4 aromatic rings. The SMILES string of the molecule is CC(C)c1ccc(NC(=O)CSc2nnc(-c3sc4ncccc4c3N)n2C)cc1. The zero-order valence-corrected chi connectivity index (χ0v) is 18.5. The molecule has 0 saturated heterocycles. The number of anilines is 2. The van der Waals surface area contributed by atoms with E-state index in [1.54, 1.807) is 6.20 Å². The molecule has 0 aliphatic heterocycles. The topological polar surface area (TPSA) is 98.7 Å². The van der Waals surface area contributed by atoms with Crippen LogP contribution in [-0.4, -0.2) is 31.4 Å². The third kappa shape index (κ3) is 4.03. The van der Waals surface area contributed by atoms with Crippen molar-refractivity contribution in [3.8, 4) is 10.7 Å². The van der Waals surface area contributed by atoms with Crippen molar-refractivity contribution in [2.45, 2.75) is 24.9 Å². The lowest BCUT2D eigenvalue weighted by atomic mass is 10.0. The molecule has 3 N–H and O–H groups in total. The number of carbonyl (C=O) groups is 1. The van der Waals surface area contributed by atoms with Crippen molar-refractivity contribution in [3.05, 3.63) is 48.2 Å². The van der Waals surface area contributed by atoms with Gasteiger partial charge in [0.1, 0.15) is 4.83 Å². The number of thioether (sulfide) groups is 1. The molecular weight excluding hydrogens is 416 g/mol. The molecule has 3 heterocycles. The van der Waals surface area contributed by atoms with E-state index in [0.29, 0.717) is 22.6 Å². The van der Waals surface area contributed by atoms with Gasteiger partial charge in [-0.15, -0.1) is 21.5 Å². The molecule has 7 nitrogen and oxygen atoms in total. The Morgan fingerprint density at radius 2 is 2.00 bits per heavy atom. The van der Waals surface area contributed by atoms with Crippen LogP contribution >= 0.6 is 23.1 Å². The molecule has 0 unspecified atom stereocenters. The smallest absolute Gasteiger partial charge is 0.234 e. The highest BCUT2D eigenvalue weighted by Crippen LogP contribution is 2.39. The summed E-state index contributed by atoms with van der Waals surface area (Å²) in [5, 5.41) is 13.0. The summed E-state index contributed by atoms with van der Waals surface area (Å²) < 4.78 is 1.86. The molecule has 1 amide bonds. The van der Waals surface area contributed by atoms with Crippen LogP contribution in [0.3, 0.4) is 0 Å². The minimum atomic E-state index is -0.0903. The zero-order chi connectivity index (χ0) is 21.3. The van der Waals surface area contributed by atoms with E-state index in [4.69, 9.17) is 5.73 Å². The van der Waals surface area contributed by atoms with E-state index in [0.717, 1.165) is 20.8 Å². The van der Waals surface area contributed by atoms with E-state index in [-0.39, 0.29) is 11.7 Å². The van der Waals surface area contributed by atoms with Gasteiger partial charge in [-0.1, -0.05) is 37.7 Å². The number of nitrogens with one attached hydrogen (secondary N) is 1. The second kappa shape index (κ2) is 8.45. The molecule has 0 aliphatic carbocycles. The van der Waals surface area contributed by atoms with Crippen molar-refractivity contribution in [2.75, 3.05) is 16.8 Å². The van der Waals surface area contributed by atoms with Gasteiger partial charge in [-0.2, -0.15) is 0 Å². The first-order valence-corrected chi connectivity index (χ1v) is 11.3. The molecule has 9 heteroatoms. The Bertz CT molecular complexity index is 1200. The Labute approximate surface area is 182 Å². The normalized spacial score (nSPS) is 11.3. The van der Waals surface area contributed by atoms with Gasteiger partial charge >= 0.3 is 0 Å². The lowest BCUT2D eigenvalue weighted by Gasteiger charge is -2.08. The maximum atomic E-state index is 12.3. The Kier molecular flexibility index (Phi) is 5.74. The third-order valence-electron chi connectivity index (χ3n) is 4.74. The van der Waals surface area contributed by atoms with Gasteiger partial charge in [0, 0.05) is 24.3 Å². The molecule has 0 fully saturated rings. The Balaban J connectivity index is 1.44. The summed E-state index contributed by atoms with van der Waals surface area (Å²) in [6.07, 6.45) is 1.75. The van der Waals surface area contributed by atoms with Crippen molar-refractivity contribution < 1.29 is 4.79 Å². The second-order valence-corrected chi connectivity index (χ2v) is 9.12. The van der Waals surface area contributed by atoms with E-state index in [9.17, 15) is 4.79 Å². The molecule has 1 aromatic carbocycles. The number of carbonyl (C=O) groups excluding carboxylic acids is 1. The van der Waals surface area contributed by atoms with Gasteiger partial charge in [0.2, 0.25) is 5.91 Å². The number of aromatic nitrogens is 4. The number of nitrogens with zero attached hydrogens (tertiary/aromatic N) is 4. The van der Waals surface area contributed by atoms with Crippen LogP contribution in [0.15, 0.2) is 47.8 Å². The van der Waals surface area contributed by atoms with Crippen LogP contribution in [0.25, 0.3) is 20.9 Å². The van der Waals surface area contributed by atoms with Gasteiger partial charge in [-0.25, -0.2) is 4.98 Å². The number of hydrogen-bond donors (Lipinski definition) is 2. The molecule has 0 aliphatic rings.